The van der Waals surface area contributed by atoms with E-state index >= 15 is 0 Å². The minimum absolute atomic E-state index is 0.00936. The van der Waals surface area contributed by atoms with Crippen molar-refractivity contribution in [1.29, 1.82) is 0 Å². The Kier molecular flexibility index (Phi) is 3.09. The van der Waals surface area contributed by atoms with E-state index in [1.807, 2.05) is 20.2 Å². The van der Waals surface area contributed by atoms with Crippen molar-refractivity contribution >= 4 is 11.4 Å². The van der Waals surface area contributed by atoms with Crippen LogP contribution in [-0.2, 0) is 7.05 Å². The van der Waals surface area contributed by atoms with Gasteiger partial charge in [0, 0.05) is 37.1 Å². The lowest BCUT2D eigenvalue weighted by Crippen LogP contribution is -2.22. The van der Waals surface area contributed by atoms with E-state index in [0.29, 0.717) is 17.6 Å². The molecule has 0 aliphatic carbocycles. The molecule has 2 N–H and O–H groups in total. The van der Waals surface area contributed by atoms with E-state index < -0.39 is 0 Å². The third-order valence-electron chi connectivity index (χ3n) is 3.21. The van der Waals surface area contributed by atoms with E-state index in [2.05, 4.69) is 15.5 Å². The Morgan fingerprint density at radius 2 is 2.10 bits per heavy atom. The molecule has 0 aliphatic rings. The number of fused-ring (bicyclic) bond motifs is 1. The summed E-state index contributed by atoms with van der Waals surface area (Å²) in [5, 5.41) is 21.2. The summed E-state index contributed by atoms with van der Waals surface area (Å²) in [7, 11) is 1.82. The van der Waals surface area contributed by atoms with E-state index in [9.17, 15) is 9.90 Å². The SMILES string of the molecule is CCNC(=O)c1cnn2cc(-c3cnn(C)c3)cc(O)c12. The molecule has 7 heteroatoms. The summed E-state index contributed by atoms with van der Waals surface area (Å²) in [5.74, 6) is -0.243. The predicted molar refractivity (Wildman–Crippen MR) is 77.1 cm³/mol. The molecule has 1 amide bonds. The van der Waals surface area contributed by atoms with Crippen molar-refractivity contribution in [1.82, 2.24) is 24.7 Å². The third-order valence-corrected chi connectivity index (χ3v) is 3.21. The number of hydrogen-bond acceptors (Lipinski definition) is 4. The van der Waals surface area contributed by atoms with Crippen LogP contribution in [0.3, 0.4) is 0 Å². The molecule has 0 saturated carbocycles. The Bertz CT molecular complexity index is 818. The van der Waals surface area contributed by atoms with Gasteiger partial charge in [-0.1, -0.05) is 0 Å². The fourth-order valence-corrected chi connectivity index (χ4v) is 2.25. The average molecular weight is 285 g/mol. The van der Waals surface area contributed by atoms with Crippen LogP contribution in [0.15, 0.2) is 30.9 Å². The number of pyridine rings is 1. The maximum Gasteiger partial charge on any atom is 0.255 e. The number of aryl methyl sites for hydroxylation is 1. The van der Waals surface area contributed by atoms with Gasteiger partial charge in [0.05, 0.1) is 18.0 Å². The van der Waals surface area contributed by atoms with E-state index in [0.717, 1.165) is 11.1 Å². The zero-order chi connectivity index (χ0) is 15.0. The Hall–Kier alpha value is -2.83. The van der Waals surface area contributed by atoms with Gasteiger partial charge in [-0.2, -0.15) is 10.2 Å². The zero-order valence-electron chi connectivity index (χ0n) is 11.7. The number of amides is 1. The second-order valence-corrected chi connectivity index (χ2v) is 4.73. The zero-order valence-corrected chi connectivity index (χ0v) is 11.7. The first kappa shape index (κ1) is 13.2. The highest BCUT2D eigenvalue weighted by molar-refractivity contribution is 6.02. The number of carbonyl (C=O) groups excluding carboxylic acids is 1. The van der Waals surface area contributed by atoms with E-state index in [1.165, 1.54) is 10.7 Å². The number of rotatable bonds is 3. The summed E-state index contributed by atoms with van der Waals surface area (Å²) >= 11 is 0. The Morgan fingerprint density at radius 3 is 2.76 bits per heavy atom. The lowest BCUT2D eigenvalue weighted by Gasteiger charge is -2.04. The molecule has 108 valence electrons. The fourth-order valence-electron chi connectivity index (χ4n) is 2.25. The third kappa shape index (κ3) is 2.22. The van der Waals surface area contributed by atoms with Gasteiger partial charge in [-0.15, -0.1) is 0 Å². The molecule has 3 aromatic heterocycles. The first-order valence-electron chi connectivity index (χ1n) is 6.57. The number of hydrogen-bond donors (Lipinski definition) is 2. The van der Waals surface area contributed by atoms with Gasteiger partial charge in [-0.25, -0.2) is 4.52 Å². The van der Waals surface area contributed by atoms with Crippen molar-refractivity contribution in [2.75, 3.05) is 6.54 Å². The van der Waals surface area contributed by atoms with Crippen LogP contribution in [0.2, 0.25) is 0 Å². The standard InChI is InChI=1S/C14H15N5O2/c1-3-15-14(21)11-6-17-19-8-9(4-12(20)13(11)19)10-5-16-18(2)7-10/h4-8,20H,3H2,1-2H3,(H,15,21). The maximum absolute atomic E-state index is 11.9. The van der Waals surface area contributed by atoms with Crippen LogP contribution < -0.4 is 5.32 Å². The van der Waals surface area contributed by atoms with Crippen LogP contribution in [0.25, 0.3) is 16.6 Å². The Labute approximate surface area is 120 Å². The molecule has 0 aromatic carbocycles. The van der Waals surface area contributed by atoms with E-state index in [-0.39, 0.29) is 11.7 Å². The lowest BCUT2D eigenvalue weighted by atomic mass is 10.1. The first-order valence-corrected chi connectivity index (χ1v) is 6.57. The summed E-state index contributed by atoms with van der Waals surface area (Å²) in [4.78, 5) is 11.9. The summed E-state index contributed by atoms with van der Waals surface area (Å²) < 4.78 is 3.18. The highest BCUT2D eigenvalue weighted by atomic mass is 16.3. The maximum atomic E-state index is 11.9. The molecule has 21 heavy (non-hydrogen) atoms. The van der Waals surface area contributed by atoms with Gasteiger partial charge in [-0.05, 0) is 13.0 Å². The molecule has 3 aromatic rings. The van der Waals surface area contributed by atoms with Crippen LogP contribution in [0.1, 0.15) is 17.3 Å². The summed E-state index contributed by atoms with van der Waals surface area (Å²) in [6, 6.07) is 1.61. The summed E-state index contributed by atoms with van der Waals surface area (Å²) in [6.07, 6.45) is 6.76. The topological polar surface area (TPSA) is 84.5 Å². The molecular weight excluding hydrogens is 270 g/mol. The van der Waals surface area contributed by atoms with Crippen molar-refractivity contribution < 1.29 is 9.90 Å². The second kappa shape index (κ2) is 4.93. The van der Waals surface area contributed by atoms with Gasteiger partial charge >= 0.3 is 0 Å². The van der Waals surface area contributed by atoms with Crippen molar-refractivity contribution in [2.45, 2.75) is 6.92 Å². The monoisotopic (exact) mass is 285 g/mol. The normalized spacial score (nSPS) is 11.0. The van der Waals surface area contributed by atoms with Gasteiger partial charge in [0.25, 0.3) is 5.91 Å². The minimum Gasteiger partial charge on any atom is -0.506 e. The molecule has 0 bridgehead atoms. The molecule has 0 fully saturated rings. The van der Waals surface area contributed by atoms with Gasteiger partial charge in [0.2, 0.25) is 0 Å². The smallest absolute Gasteiger partial charge is 0.255 e. The number of nitrogens with zero attached hydrogens (tertiary/aromatic N) is 4. The number of carbonyl (C=O) groups is 1. The molecule has 0 radical (unpaired) electrons. The molecule has 0 saturated heterocycles. The average Bonchev–Trinajstić information content (AvgIpc) is 3.05. The van der Waals surface area contributed by atoms with Crippen molar-refractivity contribution in [3.8, 4) is 16.9 Å². The molecule has 0 atom stereocenters. The molecule has 0 unspecified atom stereocenters. The molecule has 3 rings (SSSR count). The molecule has 0 spiro atoms. The van der Waals surface area contributed by atoms with E-state index in [4.69, 9.17) is 0 Å². The molecular formula is C14H15N5O2. The van der Waals surface area contributed by atoms with E-state index in [1.54, 1.807) is 23.1 Å². The van der Waals surface area contributed by atoms with Crippen LogP contribution in [0.5, 0.6) is 5.75 Å². The number of nitrogens with one attached hydrogen (secondary N) is 1. The quantitative estimate of drug-likeness (QED) is 0.757. The van der Waals surface area contributed by atoms with Crippen molar-refractivity contribution in [3.05, 3.63) is 36.4 Å². The molecule has 0 aliphatic heterocycles. The Morgan fingerprint density at radius 1 is 1.29 bits per heavy atom. The molecule has 7 nitrogen and oxygen atoms in total. The van der Waals surface area contributed by atoms with Gasteiger partial charge in [0.1, 0.15) is 11.3 Å². The number of aromatic nitrogens is 4. The highest BCUT2D eigenvalue weighted by Crippen LogP contribution is 2.28. The van der Waals surface area contributed by atoms with Crippen molar-refractivity contribution in [2.24, 2.45) is 7.05 Å². The lowest BCUT2D eigenvalue weighted by molar-refractivity contribution is 0.0957. The van der Waals surface area contributed by atoms with Crippen LogP contribution in [0, 0.1) is 0 Å². The summed E-state index contributed by atoms with van der Waals surface area (Å²) in [6.45, 7) is 2.36. The minimum atomic E-state index is -0.253. The second-order valence-electron chi connectivity index (χ2n) is 4.73. The Balaban J connectivity index is 2.12. The first-order chi connectivity index (χ1) is 10.1. The van der Waals surface area contributed by atoms with Crippen molar-refractivity contribution in [3.63, 3.8) is 0 Å². The number of aromatic hydroxyl groups is 1. The van der Waals surface area contributed by atoms with Gasteiger partial charge in [0.15, 0.2) is 0 Å². The summed E-state index contributed by atoms with van der Waals surface area (Å²) in [5.41, 5.74) is 2.39. The van der Waals surface area contributed by atoms with Crippen LogP contribution in [-0.4, -0.2) is 37.0 Å². The fraction of sp³-hybridized carbons (Fsp3) is 0.214. The predicted octanol–water partition coefficient (Wildman–Crippen LogP) is 1.19. The van der Waals surface area contributed by atoms with Crippen LogP contribution in [0.4, 0.5) is 0 Å². The molecule has 3 heterocycles. The largest absolute Gasteiger partial charge is 0.506 e. The highest BCUT2D eigenvalue weighted by Gasteiger charge is 2.16. The van der Waals surface area contributed by atoms with Gasteiger partial charge < -0.3 is 10.4 Å². The van der Waals surface area contributed by atoms with Crippen LogP contribution >= 0.6 is 0 Å². The van der Waals surface area contributed by atoms with Gasteiger partial charge in [-0.3, -0.25) is 9.48 Å².